The molecule has 0 aliphatic heterocycles. The molecule has 2 aliphatic rings. The molecule has 0 heterocycles. The average molecular weight is 400 g/mol. The van der Waals surface area contributed by atoms with Crippen LogP contribution in [0.3, 0.4) is 0 Å². The molecular weight excluding hydrogens is 358 g/mol. The molecule has 5 nitrogen and oxygen atoms in total. The number of guanidine groups is 1. The van der Waals surface area contributed by atoms with Crippen molar-refractivity contribution in [2.45, 2.75) is 101 Å². The standard InChI is InChI=1S/C21H41N3O2S/c1-3-27(25)20-14-10-11-18(17-20)24-21(22-2)23-15-8-9-16-26-19-12-6-4-5-7-13-19/h18-20H,3-17H2,1-2H3,(H2,22,23,24). The minimum absolute atomic E-state index is 0.348. The van der Waals surface area contributed by atoms with Crippen LogP contribution in [0, 0.1) is 0 Å². The molecule has 0 spiro atoms. The van der Waals surface area contributed by atoms with Gasteiger partial charge in [-0.3, -0.25) is 9.20 Å². The first kappa shape index (κ1) is 22.7. The van der Waals surface area contributed by atoms with Crippen molar-refractivity contribution in [2.75, 3.05) is 26.0 Å². The topological polar surface area (TPSA) is 62.7 Å². The van der Waals surface area contributed by atoms with Crippen LogP contribution in [0.15, 0.2) is 4.99 Å². The van der Waals surface area contributed by atoms with Gasteiger partial charge in [0.2, 0.25) is 0 Å². The summed E-state index contributed by atoms with van der Waals surface area (Å²) < 4.78 is 18.2. The zero-order valence-electron chi connectivity index (χ0n) is 17.5. The normalized spacial score (nSPS) is 26.4. The Kier molecular flexibility index (Phi) is 11.4. The molecule has 0 radical (unpaired) electrons. The van der Waals surface area contributed by atoms with Gasteiger partial charge in [-0.2, -0.15) is 0 Å². The van der Waals surface area contributed by atoms with Crippen LogP contribution in [-0.4, -0.2) is 53.5 Å². The van der Waals surface area contributed by atoms with Gasteiger partial charge in [0.05, 0.1) is 6.10 Å². The highest BCUT2D eigenvalue weighted by Gasteiger charge is 2.25. The molecule has 6 heteroatoms. The van der Waals surface area contributed by atoms with Crippen molar-refractivity contribution >= 4 is 16.8 Å². The predicted molar refractivity (Wildman–Crippen MR) is 116 cm³/mol. The summed E-state index contributed by atoms with van der Waals surface area (Å²) in [6.07, 6.45) is 15.0. The largest absolute Gasteiger partial charge is 0.378 e. The van der Waals surface area contributed by atoms with Gasteiger partial charge in [-0.15, -0.1) is 0 Å². The number of aliphatic imine (C=N–C) groups is 1. The molecule has 2 rings (SSSR count). The van der Waals surface area contributed by atoms with E-state index in [1.54, 1.807) is 0 Å². The highest BCUT2D eigenvalue weighted by Crippen LogP contribution is 2.23. The second kappa shape index (κ2) is 13.5. The van der Waals surface area contributed by atoms with Crippen LogP contribution in [0.4, 0.5) is 0 Å². The number of nitrogens with zero attached hydrogens (tertiary/aromatic N) is 1. The lowest BCUT2D eigenvalue weighted by molar-refractivity contribution is 0.0411. The maximum Gasteiger partial charge on any atom is 0.191 e. The van der Waals surface area contributed by atoms with Crippen molar-refractivity contribution in [3.05, 3.63) is 0 Å². The van der Waals surface area contributed by atoms with E-state index in [0.29, 0.717) is 17.4 Å². The molecule has 0 bridgehead atoms. The molecule has 3 unspecified atom stereocenters. The summed E-state index contributed by atoms with van der Waals surface area (Å²) in [5, 5.41) is 7.32. The van der Waals surface area contributed by atoms with Gasteiger partial charge in [0, 0.05) is 48.0 Å². The van der Waals surface area contributed by atoms with Gasteiger partial charge in [0.1, 0.15) is 0 Å². The Morgan fingerprint density at radius 2 is 1.85 bits per heavy atom. The molecule has 3 atom stereocenters. The van der Waals surface area contributed by atoms with Crippen LogP contribution >= 0.6 is 0 Å². The third-order valence-electron chi connectivity index (χ3n) is 5.87. The molecule has 158 valence electrons. The summed E-state index contributed by atoms with van der Waals surface area (Å²) in [7, 11) is 1.15. The maximum atomic E-state index is 12.1. The molecule has 0 amide bonds. The first-order chi connectivity index (χ1) is 13.2. The molecule has 2 aliphatic carbocycles. The highest BCUT2D eigenvalue weighted by molar-refractivity contribution is 7.85. The van der Waals surface area contributed by atoms with Crippen LogP contribution in [0.2, 0.25) is 0 Å². The molecule has 0 saturated heterocycles. The van der Waals surface area contributed by atoms with Gasteiger partial charge in [-0.05, 0) is 44.9 Å². The Bertz CT molecular complexity index is 451. The van der Waals surface area contributed by atoms with E-state index in [1.807, 2.05) is 14.0 Å². The maximum absolute atomic E-state index is 12.1. The van der Waals surface area contributed by atoms with E-state index in [2.05, 4.69) is 15.6 Å². The quantitative estimate of drug-likeness (QED) is 0.268. The molecule has 2 fully saturated rings. The summed E-state index contributed by atoms with van der Waals surface area (Å²) >= 11 is 0. The van der Waals surface area contributed by atoms with Gasteiger partial charge in [0.25, 0.3) is 0 Å². The van der Waals surface area contributed by atoms with Crippen molar-refractivity contribution < 1.29 is 8.95 Å². The number of hydrogen-bond acceptors (Lipinski definition) is 3. The van der Waals surface area contributed by atoms with Gasteiger partial charge >= 0.3 is 0 Å². The lowest BCUT2D eigenvalue weighted by Crippen LogP contribution is -2.46. The predicted octanol–water partition coefficient (Wildman–Crippen LogP) is 3.75. The minimum Gasteiger partial charge on any atom is -0.378 e. The Hall–Kier alpha value is -0.620. The van der Waals surface area contributed by atoms with Crippen LogP contribution in [0.5, 0.6) is 0 Å². The first-order valence-corrected chi connectivity index (χ1v) is 12.6. The number of rotatable bonds is 9. The number of ether oxygens (including phenoxy) is 1. The van der Waals surface area contributed by atoms with Crippen molar-refractivity contribution in [3.63, 3.8) is 0 Å². The lowest BCUT2D eigenvalue weighted by Gasteiger charge is -2.30. The SMILES string of the molecule is CCS(=O)C1CCCC(NC(=NC)NCCCCOC2CCCCCC2)C1. The summed E-state index contributed by atoms with van der Waals surface area (Å²) in [6.45, 7) is 3.82. The summed E-state index contributed by atoms with van der Waals surface area (Å²) in [4.78, 5) is 4.36. The van der Waals surface area contributed by atoms with Gasteiger partial charge in [0.15, 0.2) is 5.96 Å². The molecular formula is C21H41N3O2S. The van der Waals surface area contributed by atoms with Crippen LogP contribution in [0.1, 0.15) is 84.0 Å². The molecule has 0 aromatic rings. The second-order valence-corrected chi connectivity index (χ2v) is 10.00. The van der Waals surface area contributed by atoms with Crippen LogP contribution < -0.4 is 10.6 Å². The zero-order chi connectivity index (χ0) is 19.3. The minimum atomic E-state index is -0.678. The fourth-order valence-electron chi connectivity index (χ4n) is 4.23. The monoisotopic (exact) mass is 399 g/mol. The Morgan fingerprint density at radius 1 is 1.07 bits per heavy atom. The number of nitrogens with one attached hydrogen (secondary N) is 2. The van der Waals surface area contributed by atoms with Crippen molar-refractivity contribution in [2.24, 2.45) is 4.99 Å². The van der Waals surface area contributed by atoms with Crippen molar-refractivity contribution in [3.8, 4) is 0 Å². The summed E-state index contributed by atoms with van der Waals surface area (Å²) in [5.74, 6) is 1.65. The van der Waals surface area contributed by atoms with E-state index >= 15 is 0 Å². The summed E-state index contributed by atoms with van der Waals surface area (Å²) in [5.41, 5.74) is 0. The summed E-state index contributed by atoms with van der Waals surface area (Å²) in [6, 6.07) is 0.393. The molecule has 0 aromatic heterocycles. The molecule has 0 aromatic carbocycles. The highest BCUT2D eigenvalue weighted by atomic mass is 32.2. The fraction of sp³-hybridized carbons (Fsp3) is 0.952. The van der Waals surface area contributed by atoms with E-state index in [-0.39, 0.29) is 0 Å². The average Bonchev–Trinajstić information content (AvgIpc) is 2.98. The molecule has 2 N–H and O–H groups in total. The fourth-order valence-corrected chi connectivity index (χ4v) is 5.58. The van der Waals surface area contributed by atoms with Gasteiger partial charge in [-0.1, -0.05) is 39.0 Å². The number of unbranched alkanes of at least 4 members (excludes halogenated alkanes) is 1. The van der Waals surface area contributed by atoms with Crippen molar-refractivity contribution in [1.29, 1.82) is 0 Å². The molecule has 27 heavy (non-hydrogen) atoms. The Labute approximate surface area is 169 Å². The first-order valence-electron chi connectivity index (χ1n) is 11.2. The second-order valence-electron chi connectivity index (χ2n) is 7.99. The van der Waals surface area contributed by atoms with Crippen molar-refractivity contribution in [1.82, 2.24) is 10.6 Å². The lowest BCUT2D eigenvalue weighted by atomic mass is 9.95. The molecule has 2 saturated carbocycles. The van der Waals surface area contributed by atoms with E-state index < -0.39 is 10.8 Å². The van der Waals surface area contributed by atoms with E-state index in [1.165, 1.54) is 38.5 Å². The van der Waals surface area contributed by atoms with Gasteiger partial charge < -0.3 is 15.4 Å². The zero-order valence-corrected chi connectivity index (χ0v) is 18.3. The van der Waals surface area contributed by atoms with Crippen LogP contribution in [0.25, 0.3) is 0 Å². The number of hydrogen-bond donors (Lipinski definition) is 2. The van der Waals surface area contributed by atoms with Crippen LogP contribution in [-0.2, 0) is 15.5 Å². The third kappa shape index (κ3) is 8.95. The third-order valence-corrected chi connectivity index (χ3v) is 7.61. The Balaban J connectivity index is 1.56. The van der Waals surface area contributed by atoms with E-state index in [9.17, 15) is 4.21 Å². The van der Waals surface area contributed by atoms with Gasteiger partial charge in [-0.25, -0.2) is 0 Å². The Morgan fingerprint density at radius 3 is 2.56 bits per heavy atom. The van der Waals surface area contributed by atoms with E-state index in [0.717, 1.165) is 63.4 Å². The van der Waals surface area contributed by atoms with E-state index in [4.69, 9.17) is 4.74 Å². The smallest absolute Gasteiger partial charge is 0.191 e.